The summed E-state index contributed by atoms with van der Waals surface area (Å²) in [4.78, 5) is 0. The van der Waals surface area contributed by atoms with Crippen LogP contribution in [-0.4, -0.2) is 19.8 Å². The number of nitrogens with two attached hydrogens (primary N) is 1. The zero-order valence-electron chi connectivity index (χ0n) is 11.7. The first kappa shape index (κ1) is 15.8. The number of hydrogen-bond acceptors (Lipinski definition) is 3. The monoisotopic (exact) mass is 324 g/mol. The molecule has 0 aliphatic rings. The maximum absolute atomic E-state index is 12.4. The minimum atomic E-state index is -3.41. The summed E-state index contributed by atoms with van der Waals surface area (Å²) >= 11 is 6.07. The first-order valence-corrected chi connectivity index (χ1v) is 8.39. The summed E-state index contributed by atoms with van der Waals surface area (Å²) in [6.45, 7) is 0.193. The summed E-state index contributed by atoms with van der Waals surface area (Å²) in [7, 11) is -1.87. The highest BCUT2D eigenvalue weighted by Crippen LogP contribution is 2.22. The Bertz CT molecular complexity index is 718. The van der Waals surface area contributed by atoms with Gasteiger partial charge in [-0.05, 0) is 29.3 Å². The van der Waals surface area contributed by atoms with E-state index < -0.39 is 10.0 Å². The van der Waals surface area contributed by atoms with Crippen molar-refractivity contribution in [3.05, 3.63) is 64.7 Å². The van der Waals surface area contributed by atoms with E-state index in [4.69, 9.17) is 17.3 Å². The predicted octanol–water partition coefficient (Wildman–Crippen LogP) is 2.88. The van der Waals surface area contributed by atoms with Crippen molar-refractivity contribution in [2.75, 3.05) is 12.8 Å². The molecule has 0 radical (unpaired) electrons. The molecule has 0 heterocycles. The van der Waals surface area contributed by atoms with Gasteiger partial charge in [0.25, 0.3) is 0 Å². The summed E-state index contributed by atoms with van der Waals surface area (Å²) in [6.07, 6.45) is 0. The van der Waals surface area contributed by atoms with E-state index >= 15 is 0 Å². The van der Waals surface area contributed by atoms with Crippen LogP contribution in [0.4, 0.5) is 5.69 Å². The van der Waals surface area contributed by atoms with Crippen molar-refractivity contribution < 1.29 is 8.42 Å². The molecule has 0 saturated heterocycles. The molecule has 2 rings (SSSR count). The highest BCUT2D eigenvalue weighted by atomic mass is 35.5. The third-order valence-corrected chi connectivity index (χ3v) is 5.28. The van der Waals surface area contributed by atoms with Gasteiger partial charge in [0.05, 0.1) is 5.75 Å². The number of halogens is 1. The number of benzene rings is 2. The molecule has 0 fully saturated rings. The van der Waals surface area contributed by atoms with Gasteiger partial charge in [-0.2, -0.15) is 0 Å². The molecule has 0 spiro atoms. The highest BCUT2D eigenvalue weighted by molar-refractivity contribution is 7.88. The van der Waals surface area contributed by atoms with E-state index in [1.54, 1.807) is 30.3 Å². The highest BCUT2D eigenvalue weighted by Gasteiger charge is 2.19. The van der Waals surface area contributed by atoms with Gasteiger partial charge in [0, 0.05) is 24.3 Å². The Morgan fingerprint density at radius 2 is 1.81 bits per heavy atom. The largest absolute Gasteiger partial charge is 0.399 e. The van der Waals surface area contributed by atoms with Crippen molar-refractivity contribution in [2.45, 2.75) is 12.3 Å². The third kappa shape index (κ3) is 4.20. The van der Waals surface area contributed by atoms with Gasteiger partial charge in [-0.25, -0.2) is 12.7 Å². The number of rotatable bonds is 5. The minimum absolute atomic E-state index is 0.0374. The van der Waals surface area contributed by atoms with Crippen molar-refractivity contribution in [2.24, 2.45) is 0 Å². The number of anilines is 1. The van der Waals surface area contributed by atoms with Crippen molar-refractivity contribution in [1.82, 2.24) is 4.31 Å². The lowest BCUT2D eigenvalue weighted by atomic mass is 10.2. The Morgan fingerprint density at radius 3 is 2.48 bits per heavy atom. The second kappa shape index (κ2) is 6.47. The van der Waals surface area contributed by atoms with Gasteiger partial charge in [0.2, 0.25) is 10.0 Å². The lowest BCUT2D eigenvalue weighted by molar-refractivity contribution is 0.466. The van der Waals surface area contributed by atoms with Crippen molar-refractivity contribution >= 4 is 27.3 Å². The smallest absolute Gasteiger partial charge is 0.218 e. The Morgan fingerprint density at radius 1 is 1.14 bits per heavy atom. The summed E-state index contributed by atoms with van der Waals surface area (Å²) in [5.74, 6) is -0.0374. The molecule has 0 aliphatic carbocycles. The van der Waals surface area contributed by atoms with E-state index in [2.05, 4.69) is 0 Å². The van der Waals surface area contributed by atoms with Gasteiger partial charge in [-0.3, -0.25) is 0 Å². The number of nitrogen functional groups attached to an aromatic ring is 1. The fourth-order valence-corrected chi connectivity index (χ4v) is 3.30. The number of sulfonamides is 1. The van der Waals surface area contributed by atoms with Gasteiger partial charge in [-0.15, -0.1) is 0 Å². The summed E-state index contributed by atoms with van der Waals surface area (Å²) < 4.78 is 26.0. The molecule has 0 unspecified atom stereocenters. The summed E-state index contributed by atoms with van der Waals surface area (Å²) in [6, 6.07) is 14.1. The third-order valence-electron chi connectivity index (χ3n) is 3.13. The molecule has 0 aromatic heterocycles. The van der Waals surface area contributed by atoms with Gasteiger partial charge in [0.15, 0.2) is 0 Å². The van der Waals surface area contributed by atoms with E-state index in [0.717, 1.165) is 5.56 Å². The zero-order valence-corrected chi connectivity index (χ0v) is 13.2. The van der Waals surface area contributed by atoms with Crippen LogP contribution in [0.3, 0.4) is 0 Å². The van der Waals surface area contributed by atoms with E-state index in [-0.39, 0.29) is 12.3 Å². The van der Waals surface area contributed by atoms with Crippen LogP contribution in [0, 0.1) is 0 Å². The van der Waals surface area contributed by atoms with Crippen LogP contribution >= 0.6 is 11.6 Å². The van der Waals surface area contributed by atoms with Crippen LogP contribution < -0.4 is 5.73 Å². The standard InChI is InChI=1S/C15H17ClN2O2S/c1-18(10-13-9-14(17)7-8-15(13)16)21(19,20)11-12-5-3-2-4-6-12/h2-9H,10-11,17H2,1H3. The second-order valence-electron chi connectivity index (χ2n) is 4.85. The van der Waals surface area contributed by atoms with E-state index in [9.17, 15) is 8.42 Å². The number of nitrogens with zero attached hydrogens (tertiary/aromatic N) is 1. The van der Waals surface area contributed by atoms with Gasteiger partial charge in [-0.1, -0.05) is 41.9 Å². The molecule has 0 bridgehead atoms. The molecule has 0 saturated carbocycles. The molecule has 0 aliphatic heterocycles. The van der Waals surface area contributed by atoms with Crippen LogP contribution in [-0.2, 0) is 22.3 Å². The fourth-order valence-electron chi connectivity index (χ4n) is 1.95. The molecular formula is C15H17ClN2O2S. The van der Waals surface area contributed by atoms with Crippen LogP contribution in [0.15, 0.2) is 48.5 Å². The first-order valence-electron chi connectivity index (χ1n) is 6.40. The first-order chi connectivity index (χ1) is 9.88. The van der Waals surface area contributed by atoms with Crippen LogP contribution in [0.1, 0.15) is 11.1 Å². The van der Waals surface area contributed by atoms with Crippen LogP contribution in [0.5, 0.6) is 0 Å². The van der Waals surface area contributed by atoms with Crippen molar-refractivity contribution in [3.63, 3.8) is 0 Å². The van der Waals surface area contributed by atoms with E-state index in [1.807, 2.05) is 18.2 Å². The Labute approximate surface area is 130 Å². The van der Waals surface area contributed by atoms with Crippen molar-refractivity contribution in [1.29, 1.82) is 0 Å². The molecule has 2 aromatic carbocycles. The van der Waals surface area contributed by atoms with Crippen molar-refractivity contribution in [3.8, 4) is 0 Å². The molecule has 0 amide bonds. The molecule has 6 heteroatoms. The molecule has 2 aromatic rings. The minimum Gasteiger partial charge on any atom is -0.399 e. The summed E-state index contributed by atoms with van der Waals surface area (Å²) in [5, 5.41) is 0.506. The van der Waals surface area contributed by atoms with Gasteiger partial charge in [0.1, 0.15) is 0 Å². The van der Waals surface area contributed by atoms with E-state index in [1.165, 1.54) is 11.4 Å². The lowest BCUT2D eigenvalue weighted by Crippen LogP contribution is -2.27. The average Bonchev–Trinajstić information content (AvgIpc) is 2.43. The van der Waals surface area contributed by atoms with Gasteiger partial charge < -0.3 is 5.73 Å². The Balaban J connectivity index is 2.15. The molecule has 2 N–H and O–H groups in total. The fraction of sp³-hybridized carbons (Fsp3) is 0.200. The zero-order chi connectivity index (χ0) is 15.5. The van der Waals surface area contributed by atoms with E-state index in [0.29, 0.717) is 16.3 Å². The maximum Gasteiger partial charge on any atom is 0.218 e. The normalized spacial score (nSPS) is 11.8. The molecule has 0 atom stereocenters. The second-order valence-corrected chi connectivity index (χ2v) is 7.33. The average molecular weight is 325 g/mol. The Kier molecular flexibility index (Phi) is 4.88. The Hall–Kier alpha value is -1.56. The lowest BCUT2D eigenvalue weighted by Gasteiger charge is -2.18. The number of hydrogen-bond donors (Lipinski definition) is 1. The summed E-state index contributed by atoms with van der Waals surface area (Å²) in [5.41, 5.74) is 7.71. The quantitative estimate of drug-likeness (QED) is 0.860. The van der Waals surface area contributed by atoms with Gasteiger partial charge >= 0.3 is 0 Å². The van der Waals surface area contributed by atoms with Crippen LogP contribution in [0.2, 0.25) is 5.02 Å². The molecule has 4 nitrogen and oxygen atoms in total. The molecule has 21 heavy (non-hydrogen) atoms. The molecular weight excluding hydrogens is 308 g/mol. The maximum atomic E-state index is 12.4. The topological polar surface area (TPSA) is 63.4 Å². The van der Waals surface area contributed by atoms with Crippen LogP contribution in [0.25, 0.3) is 0 Å². The predicted molar refractivity (Wildman–Crippen MR) is 86.4 cm³/mol. The SMILES string of the molecule is CN(Cc1cc(N)ccc1Cl)S(=O)(=O)Cc1ccccc1. The molecule has 112 valence electrons.